The van der Waals surface area contributed by atoms with Gasteiger partial charge in [-0.25, -0.2) is 0 Å². The number of rotatable bonds is 3. The van der Waals surface area contributed by atoms with Crippen molar-refractivity contribution in [2.75, 3.05) is 5.32 Å². The fourth-order valence-electron chi connectivity index (χ4n) is 2.10. The molecule has 2 aromatic rings. The van der Waals surface area contributed by atoms with Crippen LogP contribution < -0.4 is 10.1 Å². The van der Waals surface area contributed by atoms with Crippen molar-refractivity contribution < 1.29 is 9.53 Å². The van der Waals surface area contributed by atoms with Gasteiger partial charge in [-0.3, -0.25) is 14.8 Å². The van der Waals surface area contributed by atoms with Gasteiger partial charge in [-0.1, -0.05) is 0 Å². The Hall–Kier alpha value is -1.70. The highest BCUT2D eigenvalue weighted by molar-refractivity contribution is 14.1. The summed E-state index contributed by atoms with van der Waals surface area (Å²) in [7, 11) is 0. The normalized spacial score (nSPS) is 13.6. The second kappa shape index (κ2) is 5.74. The molecule has 3 rings (SSSR count). The Labute approximate surface area is 129 Å². The Balaban J connectivity index is 1.85. The van der Waals surface area contributed by atoms with Crippen molar-refractivity contribution in [3.8, 4) is 5.75 Å². The van der Waals surface area contributed by atoms with E-state index in [0.717, 1.165) is 26.9 Å². The van der Waals surface area contributed by atoms with Gasteiger partial charge in [-0.15, -0.1) is 0 Å². The van der Waals surface area contributed by atoms with Crippen molar-refractivity contribution in [3.63, 3.8) is 0 Å². The summed E-state index contributed by atoms with van der Waals surface area (Å²) in [5, 5.41) is 2.89. The topological polar surface area (TPSA) is 64.1 Å². The zero-order valence-corrected chi connectivity index (χ0v) is 12.8. The maximum Gasteiger partial charge on any atom is 0.224 e. The van der Waals surface area contributed by atoms with Gasteiger partial charge in [0.05, 0.1) is 17.6 Å². The Morgan fingerprint density at radius 1 is 1.30 bits per heavy atom. The minimum atomic E-state index is 0.0306. The van der Waals surface area contributed by atoms with E-state index in [2.05, 4.69) is 43.9 Å². The molecule has 6 heteroatoms. The van der Waals surface area contributed by atoms with Crippen molar-refractivity contribution in [3.05, 3.63) is 45.6 Å². The Bertz CT molecular complexity index is 646. The molecule has 1 N–H and O–H groups in total. The van der Waals surface area contributed by atoms with E-state index >= 15 is 0 Å². The molecule has 0 saturated carbocycles. The van der Waals surface area contributed by atoms with Crippen LogP contribution in [0, 0.1) is 3.57 Å². The van der Waals surface area contributed by atoms with Gasteiger partial charge < -0.3 is 10.1 Å². The molecule has 0 spiro atoms. The summed E-state index contributed by atoms with van der Waals surface area (Å²) in [4.78, 5) is 19.7. The minimum absolute atomic E-state index is 0.0306. The predicted molar refractivity (Wildman–Crippen MR) is 82.5 cm³/mol. The fraction of sp³-hybridized carbons (Fsp3) is 0.214. The maximum atomic E-state index is 11.5. The molecule has 102 valence electrons. The van der Waals surface area contributed by atoms with Crippen LogP contribution in [0.1, 0.15) is 17.7 Å². The summed E-state index contributed by atoms with van der Waals surface area (Å²) >= 11 is 2.25. The van der Waals surface area contributed by atoms with Crippen LogP contribution in [0.15, 0.2) is 30.7 Å². The molecule has 0 unspecified atom stereocenters. The largest absolute Gasteiger partial charge is 0.485 e. The summed E-state index contributed by atoms with van der Waals surface area (Å²) in [6.45, 7) is 0.330. The number of halogens is 1. The highest BCUT2D eigenvalue weighted by Crippen LogP contribution is 2.34. The third-order valence-electron chi connectivity index (χ3n) is 3.03. The molecule has 0 bridgehead atoms. The molecule has 2 heterocycles. The van der Waals surface area contributed by atoms with Crippen LogP contribution in [-0.2, 0) is 17.8 Å². The van der Waals surface area contributed by atoms with Gasteiger partial charge in [0.1, 0.15) is 12.4 Å². The molecule has 1 amide bonds. The molecular weight excluding hydrogens is 369 g/mol. The van der Waals surface area contributed by atoms with Gasteiger partial charge in [0.15, 0.2) is 0 Å². The summed E-state index contributed by atoms with van der Waals surface area (Å²) in [5.74, 6) is 0.716. The molecule has 1 aromatic heterocycles. The van der Waals surface area contributed by atoms with Gasteiger partial charge in [-0.05, 0) is 46.7 Å². The third-order valence-corrected chi connectivity index (χ3v) is 3.65. The van der Waals surface area contributed by atoms with Crippen molar-refractivity contribution in [1.29, 1.82) is 0 Å². The summed E-state index contributed by atoms with van der Waals surface area (Å²) in [6, 6.07) is 3.99. The van der Waals surface area contributed by atoms with Gasteiger partial charge >= 0.3 is 0 Å². The number of carbonyl (C=O) groups is 1. The van der Waals surface area contributed by atoms with Crippen molar-refractivity contribution in [2.24, 2.45) is 0 Å². The van der Waals surface area contributed by atoms with E-state index in [9.17, 15) is 4.79 Å². The van der Waals surface area contributed by atoms with Gasteiger partial charge in [0.25, 0.3) is 0 Å². The molecule has 0 saturated heterocycles. The molecule has 5 nitrogen and oxygen atoms in total. The summed E-state index contributed by atoms with van der Waals surface area (Å²) in [5.41, 5.74) is 2.65. The van der Waals surface area contributed by atoms with Crippen LogP contribution >= 0.6 is 22.6 Å². The second-order valence-corrected chi connectivity index (χ2v) is 5.72. The summed E-state index contributed by atoms with van der Waals surface area (Å²) in [6.07, 6.45) is 6.19. The van der Waals surface area contributed by atoms with Crippen LogP contribution in [0.2, 0.25) is 0 Å². The number of ether oxygens (including phenoxy) is 1. The number of fused-ring (bicyclic) bond motifs is 1. The lowest BCUT2D eigenvalue weighted by Crippen LogP contribution is -2.20. The molecular formula is C14H12IN3O2. The quantitative estimate of drug-likeness (QED) is 0.831. The standard InChI is InChI=1S/C14H12IN3O2/c15-10-5-9-1-2-13(19)18-14(9)12(6-10)20-8-11-7-16-3-4-17-11/h3-7H,1-2,8H2,(H,18,19). The van der Waals surface area contributed by atoms with E-state index in [1.54, 1.807) is 18.6 Å². The van der Waals surface area contributed by atoms with Crippen LogP contribution in [0.5, 0.6) is 5.75 Å². The lowest BCUT2D eigenvalue weighted by molar-refractivity contribution is -0.116. The van der Waals surface area contributed by atoms with E-state index in [-0.39, 0.29) is 5.91 Å². The number of aryl methyl sites for hydroxylation is 1. The predicted octanol–water partition coefficient (Wildman–Crippen LogP) is 2.54. The molecule has 0 fully saturated rings. The van der Waals surface area contributed by atoms with Gasteiger partial charge in [0, 0.05) is 22.4 Å². The Morgan fingerprint density at radius 3 is 3.00 bits per heavy atom. The number of benzene rings is 1. The molecule has 0 radical (unpaired) electrons. The number of nitrogens with one attached hydrogen (secondary N) is 1. The highest BCUT2D eigenvalue weighted by Gasteiger charge is 2.19. The molecule has 1 aliphatic heterocycles. The first-order valence-corrected chi connectivity index (χ1v) is 7.30. The molecule has 1 aromatic carbocycles. The number of nitrogens with zero attached hydrogens (tertiary/aromatic N) is 2. The van der Waals surface area contributed by atoms with E-state index in [0.29, 0.717) is 18.8 Å². The minimum Gasteiger partial charge on any atom is -0.485 e. The maximum absolute atomic E-state index is 11.5. The average Bonchev–Trinajstić information content (AvgIpc) is 2.46. The van der Waals surface area contributed by atoms with Crippen molar-refractivity contribution in [2.45, 2.75) is 19.4 Å². The monoisotopic (exact) mass is 381 g/mol. The van der Waals surface area contributed by atoms with E-state index < -0.39 is 0 Å². The molecule has 0 aliphatic carbocycles. The van der Waals surface area contributed by atoms with Crippen molar-refractivity contribution in [1.82, 2.24) is 9.97 Å². The number of carbonyl (C=O) groups excluding carboxylic acids is 1. The number of hydrogen-bond acceptors (Lipinski definition) is 4. The third kappa shape index (κ3) is 2.90. The number of hydrogen-bond donors (Lipinski definition) is 1. The smallest absolute Gasteiger partial charge is 0.224 e. The van der Waals surface area contributed by atoms with Crippen LogP contribution in [0.25, 0.3) is 0 Å². The Morgan fingerprint density at radius 2 is 2.20 bits per heavy atom. The number of aromatic nitrogens is 2. The fourth-order valence-corrected chi connectivity index (χ4v) is 2.75. The first-order chi connectivity index (χ1) is 9.72. The average molecular weight is 381 g/mol. The lowest BCUT2D eigenvalue weighted by Gasteiger charge is -2.20. The van der Waals surface area contributed by atoms with Gasteiger partial charge in [-0.2, -0.15) is 0 Å². The Kier molecular flexibility index (Phi) is 3.81. The highest BCUT2D eigenvalue weighted by atomic mass is 127. The summed E-state index contributed by atoms with van der Waals surface area (Å²) < 4.78 is 6.89. The van der Waals surface area contributed by atoms with Crippen LogP contribution in [-0.4, -0.2) is 15.9 Å². The second-order valence-electron chi connectivity index (χ2n) is 4.47. The molecule has 20 heavy (non-hydrogen) atoms. The van der Waals surface area contributed by atoms with Crippen molar-refractivity contribution >= 4 is 34.2 Å². The first-order valence-electron chi connectivity index (χ1n) is 6.22. The first kappa shape index (κ1) is 13.3. The van der Waals surface area contributed by atoms with Crippen LogP contribution in [0.3, 0.4) is 0 Å². The zero-order chi connectivity index (χ0) is 13.9. The van der Waals surface area contributed by atoms with E-state index in [1.165, 1.54) is 0 Å². The number of anilines is 1. The molecule has 0 atom stereocenters. The molecule has 1 aliphatic rings. The van der Waals surface area contributed by atoms with Gasteiger partial charge in [0.2, 0.25) is 5.91 Å². The number of amides is 1. The SMILES string of the molecule is O=C1CCc2cc(I)cc(OCc3cnccn3)c2N1. The van der Waals surface area contributed by atoms with Crippen LogP contribution in [0.4, 0.5) is 5.69 Å². The van der Waals surface area contributed by atoms with E-state index in [1.807, 2.05) is 6.07 Å². The van der Waals surface area contributed by atoms with E-state index in [4.69, 9.17) is 4.74 Å². The lowest BCUT2D eigenvalue weighted by atomic mass is 10.0. The zero-order valence-electron chi connectivity index (χ0n) is 10.6.